The van der Waals surface area contributed by atoms with Crippen LogP contribution in [0.4, 0.5) is 0 Å². The van der Waals surface area contributed by atoms with Crippen molar-refractivity contribution in [1.29, 1.82) is 0 Å². The van der Waals surface area contributed by atoms with E-state index in [-0.39, 0.29) is 0 Å². The molecule has 4 rings (SSSR count). The number of nitrogens with zero attached hydrogens (tertiary/aromatic N) is 2. The van der Waals surface area contributed by atoms with E-state index in [1.807, 2.05) is 17.9 Å². The molecular weight excluding hydrogens is 264 g/mol. The molecule has 0 bridgehead atoms. The van der Waals surface area contributed by atoms with Gasteiger partial charge in [0.25, 0.3) is 0 Å². The van der Waals surface area contributed by atoms with Crippen LogP contribution in [0, 0.1) is 0 Å². The quantitative estimate of drug-likeness (QED) is 0.691. The Kier molecular flexibility index (Phi) is 2.85. The summed E-state index contributed by atoms with van der Waals surface area (Å²) in [6, 6.07) is 12.8. The average molecular weight is 278 g/mol. The predicted octanol–water partition coefficient (Wildman–Crippen LogP) is 4.75. The zero-order valence-corrected chi connectivity index (χ0v) is 11.8. The van der Waals surface area contributed by atoms with Crippen molar-refractivity contribution in [3.63, 3.8) is 0 Å². The number of rotatable bonds is 3. The molecule has 0 radical (unpaired) electrons. The Hall–Kier alpha value is -2.00. The van der Waals surface area contributed by atoms with Crippen LogP contribution in [-0.2, 0) is 0 Å². The first kappa shape index (κ1) is 11.8. The third-order valence-electron chi connectivity index (χ3n) is 3.70. The van der Waals surface area contributed by atoms with Crippen LogP contribution in [0.15, 0.2) is 54.3 Å². The van der Waals surface area contributed by atoms with Crippen LogP contribution in [0.5, 0.6) is 0 Å². The summed E-state index contributed by atoms with van der Waals surface area (Å²) in [5, 5.41) is 0. The Morgan fingerprint density at radius 1 is 1.00 bits per heavy atom. The fraction of sp³-hybridized carbons (Fsp3) is 0.176. The number of aromatic nitrogens is 2. The Balaban J connectivity index is 1.90. The molecule has 1 aliphatic carbocycles. The van der Waals surface area contributed by atoms with Crippen LogP contribution in [0.3, 0.4) is 0 Å². The molecule has 3 aromatic rings. The molecule has 2 nitrogen and oxygen atoms in total. The highest BCUT2D eigenvalue weighted by molar-refractivity contribution is 7.13. The lowest BCUT2D eigenvalue weighted by Crippen LogP contribution is -1.91. The molecule has 1 fully saturated rings. The third kappa shape index (κ3) is 2.14. The Morgan fingerprint density at radius 3 is 2.55 bits per heavy atom. The summed E-state index contributed by atoms with van der Waals surface area (Å²) in [5.74, 6) is 0.674. The summed E-state index contributed by atoms with van der Waals surface area (Å²) in [6.07, 6.45) is 6.50. The molecule has 0 atom stereocenters. The summed E-state index contributed by atoms with van der Waals surface area (Å²) < 4.78 is 0. The first-order valence-corrected chi connectivity index (χ1v) is 7.74. The number of hydrogen-bond acceptors (Lipinski definition) is 3. The molecule has 0 saturated heterocycles. The fourth-order valence-corrected chi connectivity index (χ4v) is 3.12. The Bertz CT molecular complexity index is 716. The van der Waals surface area contributed by atoms with Crippen molar-refractivity contribution >= 4 is 11.3 Å². The number of benzene rings is 1. The highest BCUT2D eigenvalue weighted by atomic mass is 32.1. The van der Waals surface area contributed by atoms with E-state index in [2.05, 4.69) is 46.4 Å². The summed E-state index contributed by atoms with van der Waals surface area (Å²) in [6.45, 7) is 0. The summed E-state index contributed by atoms with van der Waals surface area (Å²) in [4.78, 5) is 10.0. The lowest BCUT2D eigenvalue weighted by molar-refractivity contribution is 1.03. The molecule has 3 heteroatoms. The molecule has 2 aromatic heterocycles. The van der Waals surface area contributed by atoms with Gasteiger partial charge in [-0.25, -0.2) is 0 Å². The Labute approximate surface area is 122 Å². The maximum atomic E-state index is 4.66. The number of hydrogen-bond donors (Lipinski definition) is 0. The molecule has 20 heavy (non-hydrogen) atoms. The maximum Gasteiger partial charge on any atom is 0.0797 e. The second kappa shape index (κ2) is 4.84. The number of pyridine rings is 1. The summed E-state index contributed by atoms with van der Waals surface area (Å²) in [7, 11) is 0. The fourth-order valence-electron chi connectivity index (χ4n) is 2.48. The van der Waals surface area contributed by atoms with Gasteiger partial charge in [0, 0.05) is 29.6 Å². The zero-order chi connectivity index (χ0) is 13.4. The van der Waals surface area contributed by atoms with Gasteiger partial charge >= 0.3 is 0 Å². The highest BCUT2D eigenvalue weighted by Gasteiger charge is 2.26. The van der Waals surface area contributed by atoms with Gasteiger partial charge in [-0.2, -0.15) is 0 Å². The van der Waals surface area contributed by atoms with E-state index in [0.29, 0.717) is 5.92 Å². The van der Waals surface area contributed by atoms with Gasteiger partial charge in [0.15, 0.2) is 0 Å². The minimum absolute atomic E-state index is 0.674. The highest BCUT2D eigenvalue weighted by Crippen LogP contribution is 2.42. The van der Waals surface area contributed by atoms with Gasteiger partial charge in [-0.1, -0.05) is 30.3 Å². The van der Waals surface area contributed by atoms with E-state index in [0.717, 1.165) is 0 Å². The molecule has 2 heterocycles. The van der Waals surface area contributed by atoms with Gasteiger partial charge in [-0.05, 0) is 30.0 Å². The van der Waals surface area contributed by atoms with Crippen LogP contribution in [0.2, 0.25) is 0 Å². The second-order valence-electron chi connectivity index (χ2n) is 5.16. The van der Waals surface area contributed by atoms with Crippen LogP contribution in [0.25, 0.3) is 21.6 Å². The normalized spacial score (nSPS) is 14.4. The molecular formula is C17H14N2S. The molecule has 0 aliphatic heterocycles. The predicted molar refractivity (Wildman–Crippen MR) is 82.8 cm³/mol. The molecule has 0 amide bonds. The zero-order valence-electron chi connectivity index (χ0n) is 11.0. The molecule has 0 spiro atoms. The maximum absolute atomic E-state index is 4.66. The van der Waals surface area contributed by atoms with E-state index < -0.39 is 0 Å². The number of thiazole rings is 1. The van der Waals surface area contributed by atoms with Crippen molar-refractivity contribution in [2.24, 2.45) is 0 Å². The van der Waals surface area contributed by atoms with Crippen LogP contribution < -0.4 is 0 Å². The van der Waals surface area contributed by atoms with Gasteiger partial charge < -0.3 is 0 Å². The topological polar surface area (TPSA) is 25.8 Å². The van der Waals surface area contributed by atoms with Crippen LogP contribution in [0.1, 0.15) is 24.5 Å². The SMILES string of the molecule is c1ccc(-c2cc(C3CC3)ncc2-c2cncs2)cc1. The summed E-state index contributed by atoms with van der Waals surface area (Å²) in [5.41, 5.74) is 6.81. The molecule has 1 aromatic carbocycles. The van der Waals surface area contributed by atoms with Crippen LogP contribution in [-0.4, -0.2) is 9.97 Å². The molecule has 1 saturated carbocycles. The van der Waals surface area contributed by atoms with E-state index in [9.17, 15) is 0 Å². The monoisotopic (exact) mass is 278 g/mol. The van der Waals surface area contributed by atoms with Crippen molar-refractivity contribution in [1.82, 2.24) is 9.97 Å². The van der Waals surface area contributed by atoms with Crippen molar-refractivity contribution < 1.29 is 0 Å². The van der Waals surface area contributed by atoms with E-state index in [1.54, 1.807) is 11.3 Å². The van der Waals surface area contributed by atoms with Gasteiger partial charge in [-0.3, -0.25) is 9.97 Å². The standard InChI is InChI=1S/C17H14N2S/c1-2-4-12(5-3-1)14-8-16(13-6-7-13)19-9-15(14)17-10-18-11-20-17/h1-5,8-11,13H,6-7H2. The molecule has 0 unspecified atom stereocenters. The van der Waals surface area contributed by atoms with Crippen molar-refractivity contribution in [2.75, 3.05) is 0 Å². The lowest BCUT2D eigenvalue weighted by Gasteiger charge is -2.10. The van der Waals surface area contributed by atoms with E-state index >= 15 is 0 Å². The Morgan fingerprint density at radius 2 is 1.85 bits per heavy atom. The summed E-state index contributed by atoms with van der Waals surface area (Å²) >= 11 is 1.66. The van der Waals surface area contributed by atoms with Crippen LogP contribution >= 0.6 is 11.3 Å². The van der Waals surface area contributed by atoms with E-state index in [1.165, 1.54) is 40.1 Å². The van der Waals surface area contributed by atoms with Gasteiger partial charge in [-0.15, -0.1) is 11.3 Å². The lowest BCUT2D eigenvalue weighted by atomic mass is 9.99. The van der Waals surface area contributed by atoms with Gasteiger partial charge in [0.05, 0.1) is 10.4 Å². The first-order valence-electron chi connectivity index (χ1n) is 6.86. The molecule has 98 valence electrons. The smallest absolute Gasteiger partial charge is 0.0797 e. The second-order valence-corrected chi connectivity index (χ2v) is 6.05. The van der Waals surface area contributed by atoms with Gasteiger partial charge in [0.2, 0.25) is 0 Å². The minimum atomic E-state index is 0.674. The molecule has 1 aliphatic rings. The van der Waals surface area contributed by atoms with Crippen molar-refractivity contribution in [3.05, 3.63) is 60.0 Å². The van der Waals surface area contributed by atoms with Gasteiger partial charge in [0.1, 0.15) is 0 Å². The minimum Gasteiger partial charge on any atom is -0.260 e. The average Bonchev–Trinajstić information content (AvgIpc) is 3.23. The first-order chi connectivity index (χ1) is 9.92. The molecule has 0 N–H and O–H groups in total. The largest absolute Gasteiger partial charge is 0.260 e. The van der Waals surface area contributed by atoms with Crippen molar-refractivity contribution in [2.45, 2.75) is 18.8 Å². The van der Waals surface area contributed by atoms with E-state index in [4.69, 9.17) is 0 Å². The third-order valence-corrected chi connectivity index (χ3v) is 4.51. The van der Waals surface area contributed by atoms with Crippen molar-refractivity contribution in [3.8, 4) is 21.6 Å².